The Balaban J connectivity index is 1.67. The average Bonchev–Trinajstić information content (AvgIpc) is 2.63. The molecule has 6 nitrogen and oxygen atoms in total. The van der Waals surface area contributed by atoms with E-state index < -0.39 is 17.7 Å². The molecule has 3 N–H and O–H groups in total. The third-order valence-corrected chi connectivity index (χ3v) is 3.83. The molecule has 0 spiro atoms. The molecule has 2 aromatic carbocycles. The number of anilines is 2. The van der Waals surface area contributed by atoms with Gasteiger partial charge in [-0.25, -0.2) is 13.6 Å². The molecule has 3 rings (SSSR count). The van der Waals surface area contributed by atoms with Crippen LogP contribution in [0, 0.1) is 23.0 Å². The minimum absolute atomic E-state index is 0.0214. The molecule has 0 aromatic heterocycles. The maximum atomic E-state index is 14.3. The molecule has 1 aliphatic rings. The van der Waals surface area contributed by atoms with E-state index in [0.29, 0.717) is 18.7 Å². The zero-order valence-electron chi connectivity index (χ0n) is 13.7. The van der Waals surface area contributed by atoms with Crippen LogP contribution in [0.3, 0.4) is 0 Å². The van der Waals surface area contributed by atoms with Gasteiger partial charge in [0.05, 0.1) is 30.0 Å². The van der Waals surface area contributed by atoms with Crippen molar-refractivity contribution in [3.8, 4) is 6.07 Å². The topological polar surface area (TPSA) is 86.2 Å². The maximum Gasteiger partial charge on any atom is 0.323 e. The summed E-state index contributed by atoms with van der Waals surface area (Å²) >= 11 is 0. The van der Waals surface area contributed by atoms with Gasteiger partial charge < -0.3 is 20.7 Å². The molecule has 2 amide bonds. The fourth-order valence-corrected chi connectivity index (χ4v) is 2.62. The molecule has 0 bridgehead atoms. The Bertz CT molecular complexity index is 861. The summed E-state index contributed by atoms with van der Waals surface area (Å²) in [6, 6.07) is 8.88. The quantitative estimate of drug-likeness (QED) is 0.787. The van der Waals surface area contributed by atoms with Crippen LogP contribution in [-0.2, 0) is 4.74 Å². The van der Waals surface area contributed by atoms with Crippen molar-refractivity contribution in [3.05, 3.63) is 59.2 Å². The lowest BCUT2D eigenvalue weighted by Crippen LogP contribution is -2.33. The number of halogens is 2. The number of carbonyl (C=O) groups excluding carboxylic acids is 1. The van der Waals surface area contributed by atoms with Crippen molar-refractivity contribution in [1.29, 1.82) is 5.26 Å². The molecule has 8 heteroatoms. The second-order valence-corrected chi connectivity index (χ2v) is 5.72. The summed E-state index contributed by atoms with van der Waals surface area (Å²) in [5.74, 6) is -1.26. The average molecular weight is 358 g/mol. The minimum atomic E-state index is -0.748. The van der Waals surface area contributed by atoms with Gasteiger partial charge in [0.15, 0.2) is 0 Å². The Hall–Kier alpha value is -3.02. The largest absolute Gasteiger partial charge is 0.371 e. The smallest absolute Gasteiger partial charge is 0.323 e. The van der Waals surface area contributed by atoms with E-state index in [1.165, 1.54) is 18.2 Å². The van der Waals surface area contributed by atoms with E-state index in [0.717, 1.165) is 18.7 Å². The van der Waals surface area contributed by atoms with Crippen LogP contribution in [0.15, 0.2) is 36.4 Å². The van der Waals surface area contributed by atoms with Gasteiger partial charge in [-0.2, -0.15) is 5.26 Å². The van der Waals surface area contributed by atoms with Gasteiger partial charge in [-0.15, -0.1) is 0 Å². The number of ether oxygens (including phenoxy) is 1. The van der Waals surface area contributed by atoms with E-state index in [1.807, 2.05) is 0 Å². The Labute approximate surface area is 148 Å². The fraction of sp³-hybridized carbons (Fsp3) is 0.222. The standard InChI is InChI=1S/C18H16F2N4O2/c19-13-5-11(9-21)6-14(8-13)23-18(25)24-16-2-1-12(7-15(16)20)17-10-22-3-4-26-17/h1-2,5-8,17,22H,3-4,10H2,(H2,23,24,25)/t17-/m1/s1. The van der Waals surface area contributed by atoms with Crippen LogP contribution >= 0.6 is 0 Å². The lowest BCUT2D eigenvalue weighted by atomic mass is 10.1. The molecular weight excluding hydrogens is 342 g/mol. The molecule has 1 aliphatic heterocycles. The molecular formula is C18H16F2N4O2. The Morgan fingerprint density at radius 1 is 1.23 bits per heavy atom. The Morgan fingerprint density at radius 2 is 2.08 bits per heavy atom. The number of benzene rings is 2. The van der Waals surface area contributed by atoms with Gasteiger partial charge in [0.25, 0.3) is 0 Å². The second kappa shape index (κ2) is 7.91. The van der Waals surface area contributed by atoms with E-state index in [9.17, 15) is 13.6 Å². The Morgan fingerprint density at radius 3 is 2.77 bits per heavy atom. The third-order valence-electron chi connectivity index (χ3n) is 3.83. The first-order chi connectivity index (χ1) is 12.5. The summed E-state index contributed by atoms with van der Waals surface area (Å²) in [5, 5.41) is 16.7. The summed E-state index contributed by atoms with van der Waals surface area (Å²) in [5.41, 5.74) is 0.811. The molecule has 1 fully saturated rings. The molecule has 26 heavy (non-hydrogen) atoms. The molecule has 0 unspecified atom stereocenters. The van der Waals surface area contributed by atoms with Gasteiger partial charge in [0.2, 0.25) is 0 Å². The number of amides is 2. The van der Waals surface area contributed by atoms with E-state index in [-0.39, 0.29) is 23.0 Å². The van der Waals surface area contributed by atoms with Crippen LogP contribution in [0.1, 0.15) is 17.2 Å². The SMILES string of the molecule is N#Cc1cc(F)cc(NC(=O)Nc2ccc([C@H]3CNCCO3)cc2F)c1. The molecule has 1 saturated heterocycles. The number of nitrogens with zero attached hydrogens (tertiary/aromatic N) is 1. The zero-order chi connectivity index (χ0) is 18.5. The van der Waals surface area contributed by atoms with Crippen LogP contribution in [-0.4, -0.2) is 25.7 Å². The Kier molecular flexibility index (Phi) is 5.41. The summed E-state index contributed by atoms with van der Waals surface area (Å²) in [7, 11) is 0. The van der Waals surface area contributed by atoms with Gasteiger partial charge in [0, 0.05) is 18.8 Å². The number of carbonyl (C=O) groups is 1. The summed E-state index contributed by atoms with van der Waals surface area (Å²) in [6.45, 7) is 1.90. The lowest BCUT2D eigenvalue weighted by Gasteiger charge is -2.24. The molecule has 0 radical (unpaired) electrons. The number of hydrogen-bond donors (Lipinski definition) is 3. The maximum absolute atomic E-state index is 14.3. The molecule has 0 aliphatic carbocycles. The fourth-order valence-electron chi connectivity index (χ4n) is 2.62. The molecule has 1 atom stereocenters. The molecule has 134 valence electrons. The number of morpholine rings is 1. The lowest BCUT2D eigenvalue weighted by molar-refractivity contribution is 0.0275. The summed E-state index contributed by atoms with van der Waals surface area (Å²) in [6.07, 6.45) is -0.238. The summed E-state index contributed by atoms with van der Waals surface area (Å²) in [4.78, 5) is 12.0. The monoisotopic (exact) mass is 358 g/mol. The van der Waals surface area contributed by atoms with Crippen molar-refractivity contribution in [3.63, 3.8) is 0 Å². The number of hydrogen-bond acceptors (Lipinski definition) is 4. The van der Waals surface area contributed by atoms with Crippen molar-refractivity contribution >= 4 is 17.4 Å². The highest BCUT2D eigenvalue weighted by molar-refractivity contribution is 5.99. The van der Waals surface area contributed by atoms with Gasteiger partial charge in [-0.3, -0.25) is 0 Å². The predicted molar refractivity (Wildman–Crippen MR) is 91.7 cm³/mol. The molecule has 1 heterocycles. The van der Waals surface area contributed by atoms with Crippen molar-refractivity contribution in [2.24, 2.45) is 0 Å². The van der Waals surface area contributed by atoms with Crippen molar-refractivity contribution < 1.29 is 18.3 Å². The van der Waals surface area contributed by atoms with E-state index in [4.69, 9.17) is 10.00 Å². The third kappa shape index (κ3) is 4.33. The van der Waals surface area contributed by atoms with E-state index >= 15 is 0 Å². The van der Waals surface area contributed by atoms with Gasteiger partial charge in [-0.1, -0.05) is 6.07 Å². The van der Waals surface area contributed by atoms with Crippen molar-refractivity contribution in [2.45, 2.75) is 6.10 Å². The second-order valence-electron chi connectivity index (χ2n) is 5.72. The number of nitrogens with one attached hydrogen (secondary N) is 3. The highest BCUT2D eigenvalue weighted by Crippen LogP contribution is 2.24. The van der Waals surface area contributed by atoms with Crippen LogP contribution in [0.2, 0.25) is 0 Å². The van der Waals surface area contributed by atoms with Crippen LogP contribution < -0.4 is 16.0 Å². The highest BCUT2D eigenvalue weighted by Gasteiger charge is 2.17. The number of nitriles is 1. The van der Waals surface area contributed by atoms with Crippen molar-refractivity contribution in [1.82, 2.24) is 5.32 Å². The first kappa shape index (κ1) is 17.8. The van der Waals surface area contributed by atoms with Crippen LogP contribution in [0.25, 0.3) is 0 Å². The van der Waals surface area contributed by atoms with Crippen LogP contribution in [0.4, 0.5) is 25.0 Å². The normalized spacial score (nSPS) is 16.6. The highest BCUT2D eigenvalue weighted by atomic mass is 19.1. The molecule has 2 aromatic rings. The van der Waals surface area contributed by atoms with Crippen molar-refractivity contribution in [2.75, 3.05) is 30.3 Å². The summed E-state index contributed by atoms with van der Waals surface area (Å²) < 4.78 is 33.2. The molecule has 0 saturated carbocycles. The van der Waals surface area contributed by atoms with E-state index in [1.54, 1.807) is 12.1 Å². The predicted octanol–water partition coefficient (Wildman–Crippen LogP) is 3.14. The van der Waals surface area contributed by atoms with Gasteiger partial charge >= 0.3 is 6.03 Å². The first-order valence-corrected chi connectivity index (χ1v) is 7.95. The van der Waals surface area contributed by atoms with E-state index in [2.05, 4.69) is 16.0 Å². The first-order valence-electron chi connectivity index (χ1n) is 7.95. The zero-order valence-corrected chi connectivity index (χ0v) is 13.7. The number of urea groups is 1. The van der Waals surface area contributed by atoms with Gasteiger partial charge in [-0.05, 0) is 35.9 Å². The van der Waals surface area contributed by atoms with Gasteiger partial charge in [0.1, 0.15) is 11.6 Å². The number of rotatable bonds is 3. The van der Waals surface area contributed by atoms with Crippen LogP contribution in [0.5, 0.6) is 0 Å². The minimum Gasteiger partial charge on any atom is -0.371 e.